The van der Waals surface area contributed by atoms with Crippen LogP contribution in [0.2, 0.25) is 0 Å². The number of nitrogens with zero attached hydrogens (tertiary/aromatic N) is 3. The number of rotatable bonds is 6. The van der Waals surface area contributed by atoms with Crippen molar-refractivity contribution in [2.24, 2.45) is 4.99 Å². The molecule has 0 saturated heterocycles. The fourth-order valence-electron chi connectivity index (χ4n) is 3.21. The SMILES string of the molecule is CCc1noc(-c2ccc(CCNC(=NC)Nc3ccc4c(c3)OCCCO4)cc2)n1.I. The van der Waals surface area contributed by atoms with Crippen LogP contribution in [-0.4, -0.2) is 42.9 Å². The van der Waals surface area contributed by atoms with E-state index in [1.807, 2.05) is 37.3 Å². The highest BCUT2D eigenvalue weighted by Gasteiger charge is 2.11. The van der Waals surface area contributed by atoms with Crippen LogP contribution in [-0.2, 0) is 12.8 Å². The molecule has 0 saturated carbocycles. The number of aliphatic imine (C=N–C) groups is 1. The highest BCUT2D eigenvalue weighted by molar-refractivity contribution is 14.0. The lowest BCUT2D eigenvalue weighted by Crippen LogP contribution is -2.32. The lowest BCUT2D eigenvalue weighted by Gasteiger charge is -2.14. The van der Waals surface area contributed by atoms with Crippen LogP contribution < -0.4 is 20.1 Å². The van der Waals surface area contributed by atoms with Gasteiger partial charge in [0.25, 0.3) is 5.89 Å². The molecular weight excluding hydrogens is 521 g/mol. The van der Waals surface area contributed by atoms with Crippen molar-refractivity contribution in [3.8, 4) is 23.0 Å². The van der Waals surface area contributed by atoms with Crippen molar-refractivity contribution in [3.05, 3.63) is 53.9 Å². The van der Waals surface area contributed by atoms with E-state index in [9.17, 15) is 0 Å². The molecule has 8 nitrogen and oxygen atoms in total. The Morgan fingerprint density at radius 2 is 1.84 bits per heavy atom. The van der Waals surface area contributed by atoms with Gasteiger partial charge in [0.15, 0.2) is 23.3 Å². The van der Waals surface area contributed by atoms with Gasteiger partial charge in [0.05, 0.1) is 13.2 Å². The number of ether oxygens (including phenoxy) is 2. The molecule has 4 rings (SSSR count). The van der Waals surface area contributed by atoms with E-state index in [1.54, 1.807) is 7.05 Å². The number of aromatic nitrogens is 2. The van der Waals surface area contributed by atoms with E-state index in [4.69, 9.17) is 14.0 Å². The van der Waals surface area contributed by atoms with Crippen molar-refractivity contribution in [2.75, 3.05) is 32.1 Å². The van der Waals surface area contributed by atoms with Crippen LogP contribution in [0.1, 0.15) is 24.7 Å². The second-order valence-electron chi connectivity index (χ2n) is 7.15. The van der Waals surface area contributed by atoms with Gasteiger partial charge in [0.2, 0.25) is 0 Å². The molecule has 9 heteroatoms. The summed E-state index contributed by atoms with van der Waals surface area (Å²) in [5.41, 5.74) is 3.03. The van der Waals surface area contributed by atoms with E-state index in [0.29, 0.717) is 25.1 Å². The summed E-state index contributed by atoms with van der Waals surface area (Å²) in [6, 6.07) is 14.0. The first-order valence-electron chi connectivity index (χ1n) is 10.5. The molecule has 1 aromatic heterocycles. The smallest absolute Gasteiger partial charge is 0.257 e. The number of benzene rings is 2. The van der Waals surface area contributed by atoms with Gasteiger partial charge in [-0.3, -0.25) is 4.99 Å². The van der Waals surface area contributed by atoms with Gasteiger partial charge in [0, 0.05) is 43.8 Å². The highest BCUT2D eigenvalue weighted by Crippen LogP contribution is 2.32. The average Bonchev–Trinajstić information content (AvgIpc) is 3.17. The molecule has 0 radical (unpaired) electrons. The topological polar surface area (TPSA) is 93.8 Å². The first-order chi connectivity index (χ1) is 15.2. The van der Waals surface area contributed by atoms with E-state index in [0.717, 1.165) is 54.4 Å². The minimum atomic E-state index is 0. The average molecular weight is 549 g/mol. The van der Waals surface area contributed by atoms with Crippen molar-refractivity contribution in [3.63, 3.8) is 0 Å². The second kappa shape index (κ2) is 11.7. The molecule has 0 amide bonds. The summed E-state index contributed by atoms with van der Waals surface area (Å²) in [6.45, 7) is 4.08. The molecule has 0 atom stereocenters. The van der Waals surface area contributed by atoms with Gasteiger partial charge >= 0.3 is 0 Å². The molecule has 1 aliphatic heterocycles. The molecular formula is C23H28IN5O3. The quantitative estimate of drug-likeness (QED) is 0.269. The molecule has 0 bridgehead atoms. The lowest BCUT2D eigenvalue weighted by atomic mass is 10.1. The Balaban J connectivity index is 0.00000289. The summed E-state index contributed by atoms with van der Waals surface area (Å²) >= 11 is 0. The van der Waals surface area contributed by atoms with Crippen molar-refractivity contribution in [1.29, 1.82) is 0 Å². The fourth-order valence-corrected chi connectivity index (χ4v) is 3.21. The van der Waals surface area contributed by atoms with E-state index in [2.05, 4.69) is 37.9 Å². The summed E-state index contributed by atoms with van der Waals surface area (Å²) < 4.78 is 16.7. The standard InChI is InChI=1S/C23H27N5O3.HI/c1-3-21-27-22(31-28-21)17-7-5-16(6-8-17)11-12-25-23(24-2)26-18-9-10-19-20(15-18)30-14-4-13-29-19;/h5-10,15H,3-4,11-14H2,1-2H3,(H2,24,25,26);1H. The molecule has 0 aliphatic carbocycles. The molecule has 32 heavy (non-hydrogen) atoms. The minimum Gasteiger partial charge on any atom is -0.490 e. The van der Waals surface area contributed by atoms with E-state index >= 15 is 0 Å². The van der Waals surface area contributed by atoms with Crippen LogP contribution >= 0.6 is 24.0 Å². The van der Waals surface area contributed by atoms with Gasteiger partial charge < -0.3 is 24.6 Å². The molecule has 2 N–H and O–H groups in total. The summed E-state index contributed by atoms with van der Waals surface area (Å²) in [5.74, 6) is 3.51. The first-order valence-corrected chi connectivity index (χ1v) is 10.5. The van der Waals surface area contributed by atoms with Gasteiger partial charge in [-0.25, -0.2) is 0 Å². The Labute approximate surface area is 204 Å². The zero-order chi connectivity index (χ0) is 21.5. The number of guanidine groups is 1. The van der Waals surface area contributed by atoms with Gasteiger partial charge in [-0.05, 0) is 36.2 Å². The summed E-state index contributed by atoms with van der Waals surface area (Å²) in [6.07, 6.45) is 2.50. The maximum atomic E-state index is 5.75. The summed E-state index contributed by atoms with van der Waals surface area (Å²) in [5, 5.41) is 10.6. The molecule has 0 fully saturated rings. The fraction of sp³-hybridized carbons (Fsp3) is 0.348. The third kappa shape index (κ3) is 6.12. The Bertz CT molecular complexity index is 1040. The van der Waals surface area contributed by atoms with Gasteiger partial charge in [0.1, 0.15) is 0 Å². The minimum absolute atomic E-state index is 0. The molecule has 170 valence electrons. The largest absolute Gasteiger partial charge is 0.490 e. The predicted octanol–water partition coefficient (Wildman–Crippen LogP) is 4.31. The number of hydrogen-bond donors (Lipinski definition) is 2. The second-order valence-corrected chi connectivity index (χ2v) is 7.15. The maximum absolute atomic E-state index is 5.75. The maximum Gasteiger partial charge on any atom is 0.257 e. The number of nitrogens with one attached hydrogen (secondary N) is 2. The number of fused-ring (bicyclic) bond motifs is 1. The number of aryl methyl sites for hydroxylation is 1. The third-order valence-corrected chi connectivity index (χ3v) is 4.93. The third-order valence-electron chi connectivity index (χ3n) is 4.93. The first kappa shape index (κ1) is 23.8. The van der Waals surface area contributed by atoms with Crippen LogP contribution in [0.3, 0.4) is 0 Å². The number of halogens is 1. The molecule has 0 unspecified atom stereocenters. The van der Waals surface area contributed by atoms with E-state index < -0.39 is 0 Å². The van der Waals surface area contributed by atoms with Crippen LogP contribution in [0.15, 0.2) is 52.0 Å². The van der Waals surface area contributed by atoms with Gasteiger partial charge in [-0.15, -0.1) is 24.0 Å². The van der Waals surface area contributed by atoms with Crippen molar-refractivity contribution < 1.29 is 14.0 Å². The summed E-state index contributed by atoms with van der Waals surface area (Å²) in [7, 11) is 1.75. The van der Waals surface area contributed by atoms with Crippen LogP contribution in [0.5, 0.6) is 11.5 Å². The molecule has 2 aromatic carbocycles. The lowest BCUT2D eigenvalue weighted by molar-refractivity contribution is 0.297. The monoisotopic (exact) mass is 549 g/mol. The van der Waals surface area contributed by atoms with Crippen LogP contribution in [0.4, 0.5) is 5.69 Å². The van der Waals surface area contributed by atoms with Crippen molar-refractivity contribution >= 4 is 35.6 Å². The van der Waals surface area contributed by atoms with Crippen LogP contribution in [0.25, 0.3) is 11.5 Å². The van der Waals surface area contributed by atoms with Gasteiger partial charge in [-0.2, -0.15) is 4.98 Å². The molecule has 1 aliphatic rings. The highest BCUT2D eigenvalue weighted by atomic mass is 127. The normalized spacial score (nSPS) is 13.1. The zero-order valence-electron chi connectivity index (χ0n) is 18.3. The van der Waals surface area contributed by atoms with Gasteiger partial charge in [-0.1, -0.05) is 24.2 Å². The number of anilines is 1. The Hall–Kier alpha value is -2.82. The van der Waals surface area contributed by atoms with E-state index in [1.165, 1.54) is 5.56 Å². The van der Waals surface area contributed by atoms with Crippen molar-refractivity contribution in [1.82, 2.24) is 15.5 Å². The van der Waals surface area contributed by atoms with Crippen molar-refractivity contribution in [2.45, 2.75) is 26.2 Å². The molecule has 0 spiro atoms. The van der Waals surface area contributed by atoms with E-state index in [-0.39, 0.29) is 24.0 Å². The Morgan fingerprint density at radius 1 is 1.06 bits per heavy atom. The summed E-state index contributed by atoms with van der Waals surface area (Å²) in [4.78, 5) is 8.67. The molecule has 2 heterocycles. The Morgan fingerprint density at radius 3 is 2.56 bits per heavy atom. The predicted molar refractivity (Wildman–Crippen MR) is 135 cm³/mol. The van der Waals surface area contributed by atoms with Crippen LogP contribution in [0, 0.1) is 0 Å². The molecule has 3 aromatic rings. The number of hydrogen-bond acceptors (Lipinski definition) is 6. The zero-order valence-corrected chi connectivity index (χ0v) is 20.6. The Kier molecular flexibility index (Phi) is 8.72.